The van der Waals surface area contributed by atoms with Gasteiger partial charge in [0.1, 0.15) is 24.2 Å². The fraction of sp³-hybridized carbons (Fsp3) is 0.0526. The first-order valence-corrected chi connectivity index (χ1v) is 7.30. The van der Waals surface area contributed by atoms with Gasteiger partial charge in [0.05, 0.1) is 0 Å². The number of para-hydroxylation sites is 1. The van der Waals surface area contributed by atoms with Crippen molar-refractivity contribution in [2.24, 2.45) is 0 Å². The highest BCUT2D eigenvalue weighted by molar-refractivity contribution is 6.11. The van der Waals surface area contributed by atoms with Gasteiger partial charge in [0.15, 0.2) is 0 Å². The summed E-state index contributed by atoms with van der Waals surface area (Å²) < 4.78 is 10.5. The molecule has 3 rings (SSSR count). The maximum Gasteiger partial charge on any atom is 0.266 e. The van der Waals surface area contributed by atoms with Crippen LogP contribution in [0, 0.1) is 11.3 Å². The predicted octanol–water partition coefficient (Wildman–Crippen LogP) is 3.91. The number of carbonyl (C=O) groups is 1. The lowest BCUT2D eigenvalue weighted by Gasteiger charge is -2.11. The highest BCUT2D eigenvalue weighted by Crippen LogP contribution is 2.25. The van der Waals surface area contributed by atoms with E-state index in [0.29, 0.717) is 11.1 Å². The van der Waals surface area contributed by atoms with Crippen LogP contribution in [-0.4, -0.2) is 5.78 Å². The number of ether oxygens (including phenoxy) is 2. The Bertz CT molecular complexity index is 827. The second kappa shape index (κ2) is 7.16. The molecule has 1 N–H and O–H groups in total. The number of anilines is 1. The van der Waals surface area contributed by atoms with Crippen molar-refractivity contribution >= 4 is 11.5 Å². The van der Waals surface area contributed by atoms with Gasteiger partial charge in [0.2, 0.25) is 5.78 Å². The fourth-order valence-corrected chi connectivity index (χ4v) is 2.22. The van der Waals surface area contributed by atoms with E-state index in [-0.39, 0.29) is 11.4 Å². The molecule has 0 unspecified atom stereocenters. The van der Waals surface area contributed by atoms with Crippen LogP contribution < -0.4 is 5.32 Å². The van der Waals surface area contributed by atoms with Gasteiger partial charge in [-0.05, 0) is 18.2 Å². The molecule has 0 saturated carbocycles. The molecular formula is C19H14N2O3. The average Bonchev–Trinajstić information content (AvgIpc) is 3.18. The highest BCUT2D eigenvalue weighted by atomic mass is 16.7. The topological polar surface area (TPSA) is 71.4 Å². The Morgan fingerprint density at radius 2 is 1.83 bits per heavy atom. The Balaban J connectivity index is 1.79. The molecule has 0 aliphatic carbocycles. The van der Waals surface area contributed by atoms with Crippen LogP contribution in [0.4, 0.5) is 5.69 Å². The molecule has 5 nitrogen and oxygen atoms in total. The summed E-state index contributed by atoms with van der Waals surface area (Å²) in [7, 11) is 0. The summed E-state index contributed by atoms with van der Waals surface area (Å²) in [5, 5.41) is 12.2. The predicted molar refractivity (Wildman–Crippen MR) is 88.6 cm³/mol. The minimum atomic E-state index is -0.560. The Kier molecular flexibility index (Phi) is 4.59. The average molecular weight is 318 g/mol. The van der Waals surface area contributed by atoms with E-state index in [0.717, 1.165) is 5.69 Å². The smallest absolute Gasteiger partial charge is 0.266 e. The summed E-state index contributed by atoms with van der Waals surface area (Å²) in [6.07, 6.45) is 3.75. The molecule has 24 heavy (non-hydrogen) atoms. The first kappa shape index (κ1) is 15.4. The third kappa shape index (κ3) is 3.45. The number of nitrogens with zero attached hydrogens (tertiary/aromatic N) is 1. The van der Waals surface area contributed by atoms with E-state index >= 15 is 0 Å². The standard InChI is InChI=1S/C19H14N2O3/c20-12-16(13-21-17-7-2-1-3-8-17)18(22)14-5-4-6-15(11-14)19-23-9-10-24-19/h1-11,13,19,21H. The van der Waals surface area contributed by atoms with Gasteiger partial charge < -0.3 is 14.8 Å². The Morgan fingerprint density at radius 1 is 1.08 bits per heavy atom. The molecule has 118 valence electrons. The monoisotopic (exact) mass is 318 g/mol. The van der Waals surface area contributed by atoms with Gasteiger partial charge in [-0.15, -0.1) is 0 Å². The van der Waals surface area contributed by atoms with Crippen LogP contribution in [0.5, 0.6) is 0 Å². The van der Waals surface area contributed by atoms with Gasteiger partial charge >= 0.3 is 0 Å². The minimum Gasteiger partial charge on any atom is -0.455 e. The molecule has 1 aliphatic heterocycles. The molecule has 0 spiro atoms. The molecule has 0 bridgehead atoms. The number of benzene rings is 2. The molecule has 0 amide bonds. The summed E-state index contributed by atoms with van der Waals surface area (Å²) in [5.74, 6) is -0.367. The quantitative estimate of drug-likeness (QED) is 0.514. The second-order valence-electron chi connectivity index (χ2n) is 5.01. The molecule has 1 aliphatic rings. The number of rotatable bonds is 5. The number of allylic oxidation sites excluding steroid dienone is 1. The van der Waals surface area contributed by atoms with Crippen molar-refractivity contribution < 1.29 is 14.3 Å². The largest absolute Gasteiger partial charge is 0.455 e. The maximum absolute atomic E-state index is 12.5. The number of Topliss-reactive ketones (excluding diaryl/α,β-unsaturated/α-hetero) is 1. The van der Waals surface area contributed by atoms with Gasteiger partial charge in [0, 0.05) is 23.0 Å². The lowest BCUT2D eigenvalue weighted by molar-refractivity contribution is -0.0246. The molecule has 0 saturated heterocycles. The van der Waals surface area contributed by atoms with E-state index in [4.69, 9.17) is 9.47 Å². The van der Waals surface area contributed by atoms with Crippen LogP contribution in [0.15, 0.2) is 78.9 Å². The number of hydrogen-bond donors (Lipinski definition) is 1. The number of hydrogen-bond acceptors (Lipinski definition) is 5. The van der Waals surface area contributed by atoms with E-state index in [1.54, 1.807) is 24.3 Å². The van der Waals surface area contributed by atoms with Crippen molar-refractivity contribution in [3.05, 3.63) is 90.0 Å². The van der Waals surface area contributed by atoms with Gasteiger partial charge in [0.25, 0.3) is 6.29 Å². The van der Waals surface area contributed by atoms with Gasteiger partial charge in [-0.25, -0.2) is 0 Å². The van der Waals surface area contributed by atoms with Gasteiger partial charge in [-0.2, -0.15) is 5.26 Å². The molecule has 5 heteroatoms. The van der Waals surface area contributed by atoms with E-state index in [1.165, 1.54) is 18.7 Å². The van der Waals surface area contributed by atoms with Crippen LogP contribution >= 0.6 is 0 Å². The number of nitrogens with one attached hydrogen (secondary N) is 1. The Morgan fingerprint density at radius 3 is 2.54 bits per heavy atom. The van der Waals surface area contributed by atoms with Crippen molar-refractivity contribution in [1.29, 1.82) is 5.26 Å². The van der Waals surface area contributed by atoms with Crippen LogP contribution in [0.1, 0.15) is 22.2 Å². The van der Waals surface area contributed by atoms with Crippen molar-refractivity contribution in [3.8, 4) is 6.07 Å². The first-order valence-electron chi connectivity index (χ1n) is 7.30. The Labute approximate surface area is 139 Å². The molecule has 0 radical (unpaired) electrons. The molecule has 0 fully saturated rings. The van der Waals surface area contributed by atoms with Crippen LogP contribution in [0.3, 0.4) is 0 Å². The summed E-state index contributed by atoms with van der Waals surface area (Å²) >= 11 is 0. The van der Waals surface area contributed by atoms with Crippen LogP contribution in [0.25, 0.3) is 0 Å². The van der Waals surface area contributed by atoms with Crippen molar-refractivity contribution in [3.63, 3.8) is 0 Å². The summed E-state index contributed by atoms with van der Waals surface area (Å²) in [4.78, 5) is 12.5. The van der Waals surface area contributed by atoms with E-state index < -0.39 is 6.29 Å². The van der Waals surface area contributed by atoms with Crippen LogP contribution in [-0.2, 0) is 9.47 Å². The minimum absolute atomic E-state index is 0.0161. The normalized spacial score (nSPS) is 13.7. The molecule has 0 atom stereocenters. The van der Waals surface area contributed by atoms with Crippen molar-refractivity contribution in [2.75, 3.05) is 5.32 Å². The van der Waals surface area contributed by atoms with Crippen molar-refractivity contribution in [1.82, 2.24) is 0 Å². The molecule has 2 aromatic carbocycles. The number of nitriles is 1. The molecule has 1 heterocycles. The third-order valence-electron chi connectivity index (χ3n) is 3.40. The second-order valence-corrected chi connectivity index (χ2v) is 5.01. The SMILES string of the molecule is N#CC(=CNc1ccccc1)C(=O)c1cccc(C2OC=CO2)c1. The van der Waals surface area contributed by atoms with E-state index in [2.05, 4.69) is 5.32 Å². The zero-order valence-electron chi connectivity index (χ0n) is 12.7. The zero-order valence-corrected chi connectivity index (χ0v) is 12.7. The van der Waals surface area contributed by atoms with Gasteiger partial charge in [-0.1, -0.05) is 36.4 Å². The van der Waals surface area contributed by atoms with Crippen molar-refractivity contribution in [2.45, 2.75) is 6.29 Å². The Hall–Kier alpha value is -3.52. The number of carbonyl (C=O) groups excluding carboxylic acids is 1. The molecule has 0 aromatic heterocycles. The van der Waals surface area contributed by atoms with Gasteiger partial charge in [-0.3, -0.25) is 4.79 Å². The lowest BCUT2D eigenvalue weighted by Crippen LogP contribution is -2.06. The number of ketones is 1. The summed E-state index contributed by atoms with van der Waals surface area (Å²) in [6.45, 7) is 0. The molecular weight excluding hydrogens is 304 g/mol. The fourth-order valence-electron chi connectivity index (χ4n) is 2.22. The molecule has 2 aromatic rings. The summed E-state index contributed by atoms with van der Waals surface area (Å²) in [5.41, 5.74) is 1.92. The first-order chi connectivity index (χ1) is 11.8. The highest BCUT2D eigenvalue weighted by Gasteiger charge is 2.18. The maximum atomic E-state index is 12.5. The van der Waals surface area contributed by atoms with Crippen LogP contribution in [0.2, 0.25) is 0 Å². The van der Waals surface area contributed by atoms with E-state index in [9.17, 15) is 10.1 Å². The summed E-state index contributed by atoms with van der Waals surface area (Å²) in [6, 6.07) is 18.1. The van der Waals surface area contributed by atoms with E-state index in [1.807, 2.05) is 36.4 Å². The lowest BCUT2D eigenvalue weighted by atomic mass is 10.0. The zero-order chi connectivity index (χ0) is 16.8. The third-order valence-corrected chi connectivity index (χ3v) is 3.40.